The number of nitro benzene ring substituents is 1. The van der Waals surface area contributed by atoms with Crippen LogP contribution in [0.25, 0.3) is 10.4 Å². The average molecular weight is 1060 g/mol. The molecule has 77 heavy (non-hydrogen) atoms. The van der Waals surface area contributed by atoms with Crippen LogP contribution in [0.15, 0.2) is 145 Å². The van der Waals surface area contributed by atoms with Crippen LogP contribution in [-0.2, 0) is 59.8 Å². The van der Waals surface area contributed by atoms with E-state index in [-0.39, 0.29) is 56.5 Å². The van der Waals surface area contributed by atoms with Gasteiger partial charge in [-0.2, -0.15) is 0 Å². The van der Waals surface area contributed by atoms with Crippen LogP contribution in [0.5, 0.6) is 5.75 Å². The lowest BCUT2D eigenvalue weighted by Gasteiger charge is -2.37. The molecule has 0 radical (unpaired) electrons. The Morgan fingerprint density at radius 3 is 1.62 bits per heavy atom. The van der Waals surface area contributed by atoms with Gasteiger partial charge in [-0.25, -0.2) is 4.79 Å². The van der Waals surface area contributed by atoms with Crippen LogP contribution in [0, 0.1) is 10.1 Å². The first-order valence-electron chi connectivity index (χ1n) is 24.5. The molecule has 0 heterocycles. The Balaban J connectivity index is 1.19. The molecule has 0 bridgehead atoms. The molecule has 406 valence electrons. The summed E-state index contributed by atoms with van der Waals surface area (Å²) in [7, 11) is 0. The number of nitro groups is 1. The van der Waals surface area contributed by atoms with Gasteiger partial charge < -0.3 is 55.0 Å². The van der Waals surface area contributed by atoms with E-state index in [0.717, 1.165) is 0 Å². The minimum atomic E-state index is -1.51. The van der Waals surface area contributed by atoms with Gasteiger partial charge in [0.15, 0.2) is 0 Å². The molecule has 3 atom stereocenters. The van der Waals surface area contributed by atoms with Crippen molar-refractivity contribution >= 4 is 47.1 Å². The number of anilines is 1. The van der Waals surface area contributed by atoms with Crippen LogP contribution >= 0.6 is 0 Å². The Kier molecular flexibility index (Phi) is 24.5. The van der Waals surface area contributed by atoms with Crippen LogP contribution in [0.3, 0.4) is 0 Å². The average Bonchev–Trinajstić information content (AvgIpc) is 3.48. The minimum Gasteiger partial charge on any atom is -0.429 e. The highest BCUT2D eigenvalue weighted by Gasteiger charge is 2.39. The summed E-state index contributed by atoms with van der Waals surface area (Å²) in [6.45, 7) is 5.04. The van der Waals surface area contributed by atoms with Crippen LogP contribution in [0.2, 0.25) is 0 Å². The summed E-state index contributed by atoms with van der Waals surface area (Å²) in [5, 5.41) is 28.0. The number of azide groups is 1. The van der Waals surface area contributed by atoms with Crippen LogP contribution in [0.4, 0.5) is 16.2 Å². The maximum atomic E-state index is 14.6. The van der Waals surface area contributed by atoms with Crippen LogP contribution in [0.1, 0.15) is 48.9 Å². The maximum absolute atomic E-state index is 14.6. The summed E-state index contributed by atoms with van der Waals surface area (Å²) in [6, 6.07) is 35.1. The SMILES string of the molecule is C[C@H](NC(=O)CCOCCOCCOCCOCCN=[N+]=[N-])C(=O)N[C@@H](C)C(=O)N[C@@H](CC(=O)NC(c1ccccc1)(c1ccccc1)c1ccccc1)C(=O)Nc1ccc(COC(=O)Oc2ccc([N+](=O)[O-])cc2)cc1. The molecule has 0 unspecified atom stereocenters. The van der Waals surface area contributed by atoms with Crippen LogP contribution < -0.4 is 31.3 Å². The first-order valence-corrected chi connectivity index (χ1v) is 24.5. The van der Waals surface area contributed by atoms with Crippen molar-refractivity contribution in [2.45, 2.75) is 57.0 Å². The summed E-state index contributed by atoms with van der Waals surface area (Å²) in [4.78, 5) is 93.9. The second kappa shape index (κ2) is 31.9. The maximum Gasteiger partial charge on any atom is 0.514 e. The zero-order valence-electron chi connectivity index (χ0n) is 42.5. The molecule has 0 aliphatic rings. The smallest absolute Gasteiger partial charge is 0.429 e. The van der Waals surface area contributed by atoms with E-state index in [1.54, 1.807) is 12.1 Å². The van der Waals surface area contributed by atoms with Gasteiger partial charge in [0, 0.05) is 35.7 Å². The summed E-state index contributed by atoms with van der Waals surface area (Å²) >= 11 is 0. The predicted octanol–water partition coefficient (Wildman–Crippen LogP) is 6.01. The van der Waals surface area contributed by atoms with Crippen molar-refractivity contribution in [3.63, 3.8) is 0 Å². The number of hydrogen-bond acceptors (Lipinski definition) is 15. The fourth-order valence-corrected chi connectivity index (χ4v) is 7.41. The van der Waals surface area contributed by atoms with Crippen molar-refractivity contribution in [2.24, 2.45) is 5.11 Å². The summed E-state index contributed by atoms with van der Waals surface area (Å²) < 4.78 is 31.8. The molecule has 5 rings (SSSR count). The van der Waals surface area contributed by atoms with E-state index in [4.69, 9.17) is 34.0 Å². The van der Waals surface area contributed by atoms with Gasteiger partial charge in [0.05, 0.1) is 64.2 Å². The number of amides is 5. The minimum absolute atomic E-state index is 0.0351. The third-order valence-electron chi connectivity index (χ3n) is 11.3. The Bertz CT molecular complexity index is 2640. The second-order valence-corrected chi connectivity index (χ2v) is 16.9. The van der Waals surface area contributed by atoms with Gasteiger partial charge in [0.2, 0.25) is 29.5 Å². The van der Waals surface area contributed by atoms with Gasteiger partial charge in [-0.05, 0) is 65.9 Å². The van der Waals surface area contributed by atoms with Crippen molar-refractivity contribution in [1.82, 2.24) is 21.3 Å². The van der Waals surface area contributed by atoms with E-state index >= 15 is 0 Å². The van der Waals surface area contributed by atoms with E-state index in [1.165, 1.54) is 50.2 Å². The number of carbonyl (C=O) groups is 6. The Morgan fingerprint density at radius 2 is 1.10 bits per heavy atom. The van der Waals surface area contributed by atoms with Crippen molar-refractivity contribution in [3.05, 3.63) is 182 Å². The molecular weight excluding hydrogens is 999 g/mol. The molecule has 0 aromatic heterocycles. The normalized spacial score (nSPS) is 12.1. The molecule has 23 nitrogen and oxygen atoms in total. The molecule has 0 aliphatic carbocycles. The highest BCUT2D eigenvalue weighted by molar-refractivity contribution is 6.01. The highest BCUT2D eigenvalue weighted by Crippen LogP contribution is 2.37. The van der Waals surface area contributed by atoms with E-state index < -0.39 is 70.7 Å². The van der Waals surface area contributed by atoms with Gasteiger partial charge in [-0.3, -0.25) is 34.1 Å². The lowest BCUT2D eigenvalue weighted by Crippen LogP contribution is -2.56. The van der Waals surface area contributed by atoms with Gasteiger partial charge >= 0.3 is 6.16 Å². The lowest BCUT2D eigenvalue weighted by molar-refractivity contribution is -0.384. The Hall–Kier alpha value is -8.73. The quantitative estimate of drug-likeness (QED) is 0.00379. The highest BCUT2D eigenvalue weighted by atomic mass is 16.7. The van der Waals surface area contributed by atoms with E-state index in [0.29, 0.717) is 55.3 Å². The zero-order valence-corrected chi connectivity index (χ0v) is 42.5. The number of nitrogens with zero attached hydrogens (tertiary/aromatic N) is 4. The molecule has 5 aromatic carbocycles. The molecule has 5 aromatic rings. The monoisotopic (exact) mass is 1060 g/mol. The van der Waals surface area contributed by atoms with Gasteiger partial charge in [-0.15, -0.1) is 0 Å². The molecule has 0 saturated heterocycles. The third-order valence-corrected chi connectivity index (χ3v) is 11.3. The number of benzene rings is 5. The van der Waals surface area contributed by atoms with Gasteiger partial charge in [0.1, 0.15) is 36.0 Å². The van der Waals surface area contributed by atoms with Crippen molar-refractivity contribution in [3.8, 4) is 5.75 Å². The molecule has 0 spiro atoms. The predicted molar refractivity (Wildman–Crippen MR) is 280 cm³/mol. The molecule has 0 aliphatic heterocycles. The second-order valence-electron chi connectivity index (χ2n) is 16.9. The number of ether oxygens (including phenoxy) is 6. The lowest BCUT2D eigenvalue weighted by atomic mass is 9.77. The van der Waals surface area contributed by atoms with Gasteiger partial charge in [-0.1, -0.05) is 108 Å². The van der Waals surface area contributed by atoms with Crippen molar-refractivity contribution < 1.29 is 62.1 Å². The fourth-order valence-electron chi connectivity index (χ4n) is 7.41. The molecule has 23 heteroatoms. The van der Waals surface area contributed by atoms with Gasteiger partial charge in [0.25, 0.3) is 5.69 Å². The molecule has 0 fully saturated rings. The fraction of sp³-hybridized carbons (Fsp3) is 0.333. The van der Waals surface area contributed by atoms with Crippen molar-refractivity contribution in [1.29, 1.82) is 0 Å². The Morgan fingerprint density at radius 1 is 0.610 bits per heavy atom. The van der Waals surface area contributed by atoms with Crippen molar-refractivity contribution in [2.75, 3.05) is 64.7 Å². The van der Waals surface area contributed by atoms with E-state index in [1.807, 2.05) is 91.0 Å². The summed E-state index contributed by atoms with van der Waals surface area (Å²) in [5.74, 6) is -3.36. The molecule has 5 N–H and O–H groups in total. The first-order chi connectivity index (χ1) is 37.3. The molecule has 5 amide bonds. The summed E-state index contributed by atoms with van der Waals surface area (Å²) in [6.07, 6.45) is -1.69. The van der Waals surface area contributed by atoms with E-state index in [9.17, 15) is 38.9 Å². The third kappa shape index (κ3) is 19.8. The topological polar surface area (TPSA) is 310 Å². The number of hydrogen-bond donors (Lipinski definition) is 5. The number of non-ortho nitro benzene ring substituents is 1. The number of carbonyl (C=O) groups excluding carboxylic acids is 6. The molecular formula is C54H61N9O14. The van der Waals surface area contributed by atoms with Crippen LogP contribution in [-0.4, -0.2) is 118 Å². The number of nitrogens with one attached hydrogen (secondary N) is 5. The molecule has 0 saturated carbocycles. The standard InChI is InChI=1S/C54H61N9O14/c1-38(57-48(64)26-28-72-30-32-74-34-35-75-33-31-73-29-27-56-62-55)50(66)58-39(2)51(67)60-47(52(68)59-44-20-18-40(19-21-44)37-76-53(69)77-46-24-22-45(23-25-46)63(70)71)36-49(65)61-54(41-12-6-3-7-13-41,42-14-8-4-9-15-42)43-16-10-5-11-17-43/h3-25,38-39,47H,26-37H2,1-2H3,(H,57,64)(H,58,66)(H,59,68)(H,60,67)(H,61,65)/t38-,39-,47-/m0/s1. The van der Waals surface area contributed by atoms with E-state index in [2.05, 4.69) is 36.6 Å². The first kappa shape index (κ1) is 59.2. The largest absolute Gasteiger partial charge is 0.514 e. The zero-order chi connectivity index (χ0) is 55.3. The Labute approximate surface area is 444 Å². The number of rotatable bonds is 32. The summed E-state index contributed by atoms with van der Waals surface area (Å²) in [5.41, 5.74) is 9.70.